The van der Waals surface area contributed by atoms with Crippen LogP contribution >= 0.6 is 23.2 Å². The summed E-state index contributed by atoms with van der Waals surface area (Å²) in [6.07, 6.45) is 0. The zero-order valence-corrected chi connectivity index (χ0v) is 20.3. The highest BCUT2D eigenvalue weighted by molar-refractivity contribution is 7.92. The first kappa shape index (κ1) is 23.4. The largest absolute Gasteiger partial charge is 0.368 e. The molecule has 1 heterocycles. The number of hydrogen-bond acceptors (Lipinski definition) is 4. The molecule has 9 heteroatoms. The minimum atomic E-state index is -3.79. The highest BCUT2D eigenvalue weighted by Gasteiger charge is 2.23. The number of aryl methyl sites for hydroxylation is 1. The molecule has 0 unspecified atom stereocenters. The predicted molar refractivity (Wildman–Crippen MR) is 133 cm³/mol. The van der Waals surface area contributed by atoms with Crippen molar-refractivity contribution in [3.8, 4) is 0 Å². The van der Waals surface area contributed by atoms with Gasteiger partial charge >= 0.3 is 0 Å². The van der Waals surface area contributed by atoms with Crippen molar-refractivity contribution >= 4 is 50.5 Å². The summed E-state index contributed by atoms with van der Waals surface area (Å²) in [4.78, 5) is 17.1. The summed E-state index contributed by atoms with van der Waals surface area (Å²) in [6.45, 7) is 4.38. The second kappa shape index (κ2) is 9.63. The maximum Gasteiger partial charge on any atom is 0.261 e. The molecule has 6 nitrogen and oxygen atoms in total. The molecule has 3 aromatic rings. The van der Waals surface area contributed by atoms with E-state index in [0.717, 1.165) is 11.3 Å². The number of nitrogens with one attached hydrogen (secondary N) is 1. The molecule has 0 atom stereocenters. The standard InChI is InChI=1S/C24H23Cl2N3O3S/c1-17-5-8-21(9-6-17)33(31,32)27-23-10-7-18(15-22(23)26)24(30)29-13-11-28(12-14-29)20-4-2-3-19(25)16-20/h2-10,15-16,27H,11-14H2,1H3. The maximum absolute atomic E-state index is 13.0. The second-order valence-electron chi connectivity index (χ2n) is 7.87. The summed E-state index contributed by atoms with van der Waals surface area (Å²) in [5.41, 5.74) is 2.63. The Morgan fingerprint density at radius 2 is 1.61 bits per heavy atom. The molecule has 0 saturated carbocycles. The lowest BCUT2D eigenvalue weighted by Gasteiger charge is -2.36. The molecule has 1 N–H and O–H groups in total. The molecule has 4 rings (SSSR count). The fourth-order valence-electron chi connectivity index (χ4n) is 3.68. The van der Waals surface area contributed by atoms with Gasteiger partial charge in [0.1, 0.15) is 0 Å². The third-order valence-corrected chi connectivity index (χ3v) is 7.46. The fourth-order valence-corrected chi connectivity index (χ4v) is 5.22. The van der Waals surface area contributed by atoms with Crippen molar-refractivity contribution in [1.29, 1.82) is 0 Å². The summed E-state index contributed by atoms with van der Waals surface area (Å²) >= 11 is 12.4. The van der Waals surface area contributed by atoms with Crippen molar-refractivity contribution in [2.45, 2.75) is 11.8 Å². The minimum absolute atomic E-state index is 0.141. The maximum atomic E-state index is 13.0. The van der Waals surface area contributed by atoms with Gasteiger partial charge in [0.2, 0.25) is 0 Å². The van der Waals surface area contributed by atoms with Gasteiger partial charge in [0.05, 0.1) is 15.6 Å². The number of nitrogens with zero attached hydrogens (tertiary/aromatic N) is 2. The van der Waals surface area contributed by atoms with Crippen molar-refractivity contribution < 1.29 is 13.2 Å². The Labute approximate surface area is 203 Å². The van der Waals surface area contributed by atoms with Crippen LogP contribution in [0, 0.1) is 6.92 Å². The van der Waals surface area contributed by atoms with Crippen LogP contribution < -0.4 is 9.62 Å². The van der Waals surface area contributed by atoms with Crippen LogP contribution in [0.1, 0.15) is 15.9 Å². The SMILES string of the molecule is Cc1ccc(S(=O)(=O)Nc2ccc(C(=O)N3CCN(c4cccc(Cl)c4)CC3)cc2Cl)cc1. The van der Waals surface area contributed by atoms with Crippen LogP contribution in [0.3, 0.4) is 0 Å². The van der Waals surface area contributed by atoms with Gasteiger partial charge in [0.25, 0.3) is 15.9 Å². The lowest BCUT2D eigenvalue weighted by Crippen LogP contribution is -2.48. The number of anilines is 2. The van der Waals surface area contributed by atoms with Crippen molar-refractivity contribution in [3.05, 3.63) is 87.9 Å². The lowest BCUT2D eigenvalue weighted by molar-refractivity contribution is 0.0747. The minimum Gasteiger partial charge on any atom is -0.368 e. The van der Waals surface area contributed by atoms with Gasteiger partial charge in [-0.3, -0.25) is 9.52 Å². The van der Waals surface area contributed by atoms with Gasteiger partial charge in [-0.05, 0) is 55.5 Å². The van der Waals surface area contributed by atoms with Gasteiger partial charge in [-0.15, -0.1) is 0 Å². The van der Waals surface area contributed by atoms with Gasteiger partial charge in [0, 0.05) is 42.5 Å². The van der Waals surface area contributed by atoms with Crippen LogP contribution in [0.4, 0.5) is 11.4 Å². The molecule has 172 valence electrons. The van der Waals surface area contributed by atoms with Crippen LogP contribution in [0.5, 0.6) is 0 Å². The second-order valence-corrected chi connectivity index (χ2v) is 10.4. The van der Waals surface area contributed by atoms with Gasteiger partial charge in [0.15, 0.2) is 0 Å². The van der Waals surface area contributed by atoms with E-state index in [2.05, 4.69) is 9.62 Å². The number of carbonyl (C=O) groups is 1. The average molecular weight is 504 g/mol. The van der Waals surface area contributed by atoms with Gasteiger partial charge in [-0.2, -0.15) is 0 Å². The zero-order chi connectivity index (χ0) is 23.6. The van der Waals surface area contributed by atoms with E-state index in [-0.39, 0.29) is 21.5 Å². The number of amides is 1. The van der Waals surface area contributed by atoms with E-state index in [4.69, 9.17) is 23.2 Å². The smallest absolute Gasteiger partial charge is 0.261 e. The number of halogens is 2. The van der Waals surface area contributed by atoms with E-state index >= 15 is 0 Å². The highest BCUT2D eigenvalue weighted by Crippen LogP contribution is 2.27. The third-order valence-electron chi connectivity index (χ3n) is 5.53. The molecular weight excluding hydrogens is 481 g/mol. The number of rotatable bonds is 5. The molecule has 33 heavy (non-hydrogen) atoms. The summed E-state index contributed by atoms with van der Waals surface area (Å²) < 4.78 is 27.8. The third kappa shape index (κ3) is 5.43. The Hall–Kier alpha value is -2.74. The molecule has 1 aliphatic rings. The molecular formula is C24H23Cl2N3O3S. The van der Waals surface area contributed by atoms with E-state index < -0.39 is 10.0 Å². The van der Waals surface area contributed by atoms with Gasteiger partial charge in [-0.1, -0.05) is 47.0 Å². The number of piperazine rings is 1. The fraction of sp³-hybridized carbons (Fsp3) is 0.208. The molecule has 0 radical (unpaired) electrons. The van der Waals surface area contributed by atoms with E-state index in [9.17, 15) is 13.2 Å². The molecule has 0 aliphatic carbocycles. The van der Waals surface area contributed by atoms with E-state index in [1.165, 1.54) is 24.3 Å². The zero-order valence-electron chi connectivity index (χ0n) is 18.0. The van der Waals surface area contributed by atoms with Crippen LogP contribution in [0.15, 0.2) is 71.6 Å². The van der Waals surface area contributed by atoms with Gasteiger partial charge < -0.3 is 9.80 Å². The molecule has 1 fully saturated rings. The first-order valence-corrected chi connectivity index (χ1v) is 12.7. The summed E-state index contributed by atoms with van der Waals surface area (Å²) in [7, 11) is -3.79. The first-order valence-electron chi connectivity index (χ1n) is 10.4. The number of sulfonamides is 1. The Morgan fingerprint density at radius 3 is 2.24 bits per heavy atom. The van der Waals surface area contributed by atoms with Crippen molar-refractivity contribution in [3.63, 3.8) is 0 Å². The van der Waals surface area contributed by atoms with E-state index in [1.807, 2.05) is 31.2 Å². The summed E-state index contributed by atoms with van der Waals surface area (Å²) in [6, 6.07) is 18.8. The number of hydrogen-bond donors (Lipinski definition) is 1. The lowest BCUT2D eigenvalue weighted by atomic mass is 10.1. The molecule has 3 aromatic carbocycles. The van der Waals surface area contributed by atoms with Gasteiger partial charge in [-0.25, -0.2) is 8.42 Å². The molecule has 1 amide bonds. The molecule has 1 saturated heterocycles. The Morgan fingerprint density at radius 1 is 0.909 bits per heavy atom. The topological polar surface area (TPSA) is 69.7 Å². The van der Waals surface area contributed by atoms with Crippen LogP contribution in [0.25, 0.3) is 0 Å². The number of carbonyl (C=O) groups excluding carboxylic acids is 1. The van der Waals surface area contributed by atoms with Crippen molar-refractivity contribution in [2.24, 2.45) is 0 Å². The van der Waals surface area contributed by atoms with Crippen LogP contribution in [0.2, 0.25) is 10.0 Å². The predicted octanol–water partition coefficient (Wildman–Crippen LogP) is 5.07. The van der Waals surface area contributed by atoms with E-state index in [0.29, 0.717) is 36.8 Å². The quantitative estimate of drug-likeness (QED) is 0.527. The molecule has 0 bridgehead atoms. The Balaban J connectivity index is 1.42. The molecule has 0 spiro atoms. The van der Waals surface area contributed by atoms with E-state index in [1.54, 1.807) is 23.1 Å². The summed E-state index contributed by atoms with van der Waals surface area (Å²) in [5.74, 6) is -0.143. The first-order chi connectivity index (χ1) is 15.7. The van der Waals surface area contributed by atoms with Crippen LogP contribution in [-0.2, 0) is 10.0 Å². The molecule has 1 aliphatic heterocycles. The average Bonchev–Trinajstić information content (AvgIpc) is 2.80. The Bertz CT molecular complexity index is 1270. The van der Waals surface area contributed by atoms with Crippen molar-refractivity contribution in [1.82, 2.24) is 4.90 Å². The Kier molecular flexibility index (Phi) is 6.83. The van der Waals surface area contributed by atoms with Crippen LogP contribution in [-0.4, -0.2) is 45.4 Å². The highest BCUT2D eigenvalue weighted by atomic mass is 35.5. The number of benzene rings is 3. The monoisotopic (exact) mass is 503 g/mol. The van der Waals surface area contributed by atoms with Crippen molar-refractivity contribution in [2.75, 3.05) is 35.8 Å². The normalized spacial score (nSPS) is 14.3. The molecule has 0 aromatic heterocycles. The summed E-state index contributed by atoms with van der Waals surface area (Å²) in [5, 5.41) is 0.841.